The largest absolute Gasteiger partial charge is 0.302 e. The topological polar surface area (TPSA) is 74.8 Å². The molecule has 22 heavy (non-hydrogen) atoms. The molecule has 2 saturated heterocycles. The van der Waals surface area contributed by atoms with Gasteiger partial charge >= 0.3 is 0 Å². The number of nitrogens with zero attached hydrogens (tertiary/aromatic N) is 2. The molecule has 0 aromatic carbocycles. The Morgan fingerprint density at radius 1 is 0.773 bits per heavy atom. The molecule has 0 aliphatic carbocycles. The summed E-state index contributed by atoms with van der Waals surface area (Å²) in [5.41, 5.74) is 0. The van der Waals surface area contributed by atoms with Crippen molar-refractivity contribution in [1.29, 1.82) is 0 Å². The highest BCUT2D eigenvalue weighted by Crippen LogP contribution is 2.20. The van der Waals surface area contributed by atoms with Crippen molar-refractivity contribution >= 4 is 19.7 Å². The molecule has 2 fully saturated rings. The molecular weight excluding hydrogens is 324 g/mol. The minimum Gasteiger partial charge on any atom is -0.302 e. The Bertz CT molecular complexity index is 522. The van der Waals surface area contributed by atoms with Crippen molar-refractivity contribution in [2.45, 2.75) is 37.2 Å². The Morgan fingerprint density at radius 2 is 1.14 bits per heavy atom. The zero-order valence-corrected chi connectivity index (χ0v) is 15.2. The minimum atomic E-state index is -3.32. The van der Waals surface area contributed by atoms with Gasteiger partial charge in [-0.05, 0) is 39.0 Å². The van der Waals surface area contributed by atoms with E-state index in [1.807, 2.05) is 13.8 Å². The summed E-state index contributed by atoms with van der Waals surface area (Å²) in [5.74, 6) is -0.444. The van der Waals surface area contributed by atoms with E-state index < -0.39 is 30.2 Å². The first-order valence-electron chi connectivity index (χ1n) is 8.16. The van der Waals surface area contributed by atoms with E-state index in [1.165, 1.54) is 0 Å². The molecule has 2 aliphatic heterocycles. The van der Waals surface area contributed by atoms with Crippen molar-refractivity contribution in [2.24, 2.45) is 0 Å². The van der Waals surface area contributed by atoms with Crippen LogP contribution in [0.25, 0.3) is 0 Å². The lowest BCUT2D eigenvalue weighted by Crippen LogP contribution is -2.34. The Kier molecular flexibility index (Phi) is 5.90. The van der Waals surface area contributed by atoms with Crippen LogP contribution in [0.4, 0.5) is 0 Å². The highest BCUT2D eigenvalue weighted by Gasteiger charge is 2.36. The second kappa shape index (κ2) is 7.15. The molecule has 2 rings (SSSR count). The lowest BCUT2D eigenvalue weighted by molar-refractivity contribution is 0.358. The molecule has 2 atom stereocenters. The molecule has 130 valence electrons. The third kappa shape index (κ3) is 4.21. The maximum atomic E-state index is 12.4. The van der Waals surface area contributed by atoms with Crippen molar-refractivity contribution < 1.29 is 16.8 Å². The summed E-state index contributed by atoms with van der Waals surface area (Å²) in [5, 5.41) is -0.781. The van der Waals surface area contributed by atoms with Gasteiger partial charge in [-0.3, -0.25) is 0 Å². The van der Waals surface area contributed by atoms with Gasteiger partial charge in [0.25, 0.3) is 0 Å². The van der Waals surface area contributed by atoms with Crippen LogP contribution in [-0.4, -0.2) is 87.9 Å². The van der Waals surface area contributed by atoms with Crippen LogP contribution in [-0.2, 0) is 19.7 Å². The fourth-order valence-electron chi connectivity index (χ4n) is 3.32. The Morgan fingerprint density at radius 3 is 1.41 bits per heavy atom. The van der Waals surface area contributed by atoms with Gasteiger partial charge in [0, 0.05) is 13.1 Å². The summed E-state index contributed by atoms with van der Waals surface area (Å²) in [7, 11) is -6.64. The van der Waals surface area contributed by atoms with E-state index in [0.29, 0.717) is 25.9 Å². The molecule has 0 spiro atoms. The molecule has 0 aromatic rings. The highest BCUT2D eigenvalue weighted by atomic mass is 32.2. The lowest BCUT2D eigenvalue weighted by atomic mass is 10.4. The van der Waals surface area contributed by atoms with E-state index in [0.717, 1.165) is 26.2 Å². The van der Waals surface area contributed by atoms with Gasteiger partial charge in [0.05, 0.1) is 22.0 Å². The van der Waals surface area contributed by atoms with Gasteiger partial charge in [0.15, 0.2) is 19.7 Å². The predicted octanol–water partition coefficient (Wildman–Crippen LogP) is 0.00440. The first-order valence-corrected chi connectivity index (χ1v) is 11.6. The number of likely N-dealkylation sites (tertiary alicyclic amines) is 2. The summed E-state index contributed by atoms with van der Waals surface area (Å²) >= 11 is 0. The Hall–Kier alpha value is -0.180. The number of hydrogen-bond acceptors (Lipinski definition) is 6. The van der Waals surface area contributed by atoms with E-state index in [1.54, 1.807) is 0 Å². The van der Waals surface area contributed by atoms with Crippen molar-refractivity contribution in [1.82, 2.24) is 9.80 Å². The summed E-state index contributed by atoms with van der Waals surface area (Å²) in [4.78, 5) is 4.21. The molecule has 0 amide bonds. The summed E-state index contributed by atoms with van der Waals surface area (Å²) in [6.07, 6.45) is 1.26. The smallest absolute Gasteiger partial charge is 0.155 e. The van der Waals surface area contributed by atoms with E-state index >= 15 is 0 Å². The van der Waals surface area contributed by atoms with E-state index in [2.05, 4.69) is 9.80 Å². The van der Waals surface area contributed by atoms with E-state index in [9.17, 15) is 16.8 Å². The molecule has 0 N–H and O–H groups in total. The molecule has 0 bridgehead atoms. The molecular formula is C14H28N2O4S2. The number of rotatable bonds is 7. The van der Waals surface area contributed by atoms with Crippen LogP contribution in [0.15, 0.2) is 0 Å². The van der Waals surface area contributed by atoms with Crippen LogP contribution in [0.2, 0.25) is 0 Å². The lowest BCUT2D eigenvalue weighted by Gasteiger charge is -2.16. The summed E-state index contributed by atoms with van der Waals surface area (Å²) < 4.78 is 49.5. The van der Waals surface area contributed by atoms with Crippen LogP contribution >= 0.6 is 0 Å². The first-order chi connectivity index (χ1) is 10.3. The van der Waals surface area contributed by atoms with Crippen LogP contribution in [0, 0.1) is 0 Å². The number of hydrogen-bond donors (Lipinski definition) is 0. The molecule has 0 unspecified atom stereocenters. The van der Waals surface area contributed by atoms with E-state index in [4.69, 9.17) is 0 Å². The Labute approximate surface area is 134 Å². The molecule has 2 aliphatic rings. The van der Waals surface area contributed by atoms with Crippen molar-refractivity contribution in [3.05, 3.63) is 0 Å². The minimum absolute atomic E-state index is 0.222. The fraction of sp³-hybridized carbons (Fsp3) is 1.00. The maximum Gasteiger partial charge on any atom is 0.155 e. The van der Waals surface area contributed by atoms with Gasteiger partial charge in [-0.15, -0.1) is 0 Å². The average molecular weight is 353 g/mol. The first kappa shape index (κ1) is 18.2. The van der Waals surface area contributed by atoms with Crippen molar-refractivity contribution in [3.8, 4) is 0 Å². The van der Waals surface area contributed by atoms with Gasteiger partial charge in [0.2, 0.25) is 0 Å². The second-order valence-electron chi connectivity index (χ2n) is 6.34. The summed E-state index contributed by atoms with van der Waals surface area (Å²) in [6, 6.07) is 0. The average Bonchev–Trinajstić information content (AvgIpc) is 3.14. The molecule has 8 heteroatoms. The van der Waals surface area contributed by atoms with Gasteiger partial charge in [-0.2, -0.15) is 0 Å². The third-order valence-electron chi connectivity index (χ3n) is 5.02. The maximum absolute atomic E-state index is 12.4. The van der Waals surface area contributed by atoms with Crippen LogP contribution in [0.3, 0.4) is 0 Å². The fourth-order valence-corrected chi connectivity index (χ4v) is 7.65. The van der Waals surface area contributed by atoms with Gasteiger partial charge in [-0.25, -0.2) is 16.8 Å². The standard InChI is InChI=1S/C14H28N2O4S2/c1-3-15-7-5-13(11-15)21(17,18)9-10-22(19,20)14-6-8-16(4-2)12-14/h13-14H,3-12H2,1-2H3/t13-,14-/m1/s1. The SMILES string of the molecule is CCN1CC[C@@H](S(=O)(=O)CCS(=O)(=O)[C@@H]2CCN(CC)C2)C1. The second-order valence-corrected chi connectivity index (χ2v) is 11.1. The van der Waals surface area contributed by atoms with Crippen LogP contribution < -0.4 is 0 Å². The molecule has 6 nitrogen and oxygen atoms in total. The zero-order chi connectivity index (χ0) is 16.4. The Balaban J connectivity index is 1.91. The van der Waals surface area contributed by atoms with Crippen LogP contribution in [0.1, 0.15) is 26.7 Å². The van der Waals surface area contributed by atoms with Crippen molar-refractivity contribution in [2.75, 3.05) is 50.8 Å². The molecule has 2 heterocycles. The number of sulfone groups is 2. The van der Waals surface area contributed by atoms with Gasteiger partial charge in [-0.1, -0.05) is 13.8 Å². The monoisotopic (exact) mass is 352 g/mol. The molecule has 0 radical (unpaired) electrons. The third-order valence-corrected chi connectivity index (χ3v) is 9.63. The predicted molar refractivity (Wildman–Crippen MR) is 88.6 cm³/mol. The van der Waals surface area contributed by atoms with Gasteiger partial charge < -0.3 is 9.80 Å². The molecule has 0 aromatic heterocycles. The normalized spacial score (nSPS) is 28.5. The highest BCUT2D eigenvalue weighted by molar-refractivity contribution is 7.95. The van der Waals surface area contributed by atoms with Crippen LogP contribution in [0.5, 0.6) is 0 Å². The zero-order valence-electron chi connectivity index (χ0n) is 13.6. The van der Waals surface area contributed by atoms with Gasteiger partial charge in [0.1, 0.15) is 0 Å². The summed E-state index contributed by atoms with van der Waals surface area (Å²) in [6.45, 7) is 8.40. The quantitative estimate of drug-likeness (QED) is 0.642. The molecule has 0 saturated carbocycles. The van der Waals surface area contributed by atoms with Crippen molar-refractivity contribution in [3.63, 3.8) is 0 Å². The van der Waals surface area contributed by atoms with E-state index in [-0.39, 0.29) is 11.5 Å².